The van der Waals surface area contributed by atoms with Crippen LogP contribution in [0.1, 0.15) is 29.6 Å². The van der Waals surface area contributed by atoms with Gasteiger partial charge in [0.2, 0.25) is 0 Å². The molecule has 1 aromatic carbocycles. The maximum Gasteiger partial charge on any atom is 0.160 e. The Balaban J connectivity index is 1.93. The van der Waals surface area contributed by atoms with Gasteiger partial charge < -0.3 is 4.57 Å². The van der Waals surface area contributed by atoms with Gasteiger partial charge in [0.05, 0.1) is 12.1 Å². The molecule has 0 amide bonds. The number of hydrogen-bond donors (Lipinski definition) is 0. The fourth-order valence-electron chi connectivity index (χ4n) is 3.36. The number of imidazole rings is 1. The summed E-state index contributed by atoms with van der Waals surface area (Å²) in [6.45, 7) is 7.05. The van der Waals surface area contributed by atoms with Crippen LogP contribution in [0.3, 0.4) is 0 Å². The summed E-state index contributed by atoms with van der Waals surface area (Å²) in [5.41, 5.74) is 6.48. The molecule has 4 heteroatoms. The highest BCUT2D eigenvalue weighted by atomic mass is 15.1. The Morgan fingerprint density at radius 2 is 1.92 bits per heavy atom. The van der Waals surface area contributed by atoms with E-state index in [1.54, 1.807) is 0 Å². The van der Waals surface area contributed by atoms with Crippen LogP contribution in [0.2, 0.25) is 0 Å². The molecular weight excluding hydrogens is 296 g/mol. The predicted octanol–water partition coefficient (Wildman–Crippen LogP) is 4.21. The van der Waals surface area contributed by atoms with Gasteiger partial charge >= 0.3 is 0 Å². The average molecular weight is 316 g/mol. The van der Waals surface area contributed by atoms with Crippen LogP contribution in [-0.2, 0) is 13.0 Å². The number of nitrogens with zero attached hydrogens (tertiary/aromatic N) is 4. The van der Waals surface area contributed by atoms with Gasteiger partial charge in [-0.15, -0.1) is 0 Å². The first-order chi connectivity index (χ1) is 11.7. The third-order valence-corrected chi connectivity index (χ3v) is 4.48. The van der Waals surface area contributed by atoms with Crippen molar-refractivity contribution in [2.45, 2.75) is 33.7 Å². The molecule has 120 valence electrons. The van der Waals surface area contributed by atoms with E-state index < -0.39 is 0 Å². The summed E-state index contributed by atoms with van der Waals surface area (Å²) >= 11 is 0. The lowest BCUT2D eigenvalue weighted by Gasteiger charge is -2.10. The molecule has 4 nitrogen and oxygen atoms in total. The normalized spacial score (nSPS) is 11.5. The van der Waals surface area contributed by atoms with E-state index in [-0.39, 0.29) is 0 Å². The minimum Gasteiger partial charge on any atom is -0.308 e. The van der Waals surface area contributed by atoms with E-state index in [4.69, 9.17) is 9.97 Å². The number of rotatable bonds is 3. The Hall–Kier alpha value is -2.75. The standard InChI is InChI=1S/C20H20N4/c1-4-18-23-19-13(2)11-14(3)22-20(19)24(18)12-15-7-5-9-17-16(15)8-6-10-21-17/h5-11H,4,12H2,1-3H3. The van der Waals surface area contributed by atoms with Crippen molar-refractivity contribution in [3.05, 3.63) is 65.2 Å². The first-order valence-corrected chi connectivity index (χ1v) is 8.33. The largest absolute Gasteiger partial charge is 0.308 e. The van der Waals surface area contributed by atoms with Crippen LogP contribution in [0.5, 0.6) is 0 Å². The van der Waals surface area contributed by atoms with Crippen molar-refractivity contribution in [3.63, 3.8) is 0 Å². The van der Waals surface area contributed by atoms with Gasteiger partial charge in [-0.05, 0) is 43.2 Å². The summed E-state index contributed by atoms with van der Waals surface area (Å²) < 4.78 is 2.25. The molecule has 0 unspecified atom stereocenters. The Labute approximate surface area is 141 Å². The van der Waals surface area contributed by atoms with Gasteiger partial charge in [-0.25, -0.2) is 9.97 Å². The number of aryl methyl sites for hydroxylation is 3. The first-order valence-electron chi connectivity index (χ1n) is 8.33. The Morgan fingerprint density at radius 1 is 1.04 bits per heavy atom. The van der Waals surface area contributed by atoms with E-state index in [1.807, 2.05) is 19.2 Å². The zero-order chi connectivity index (χ0) is 16.7. The van der Waals surface area contributed by atoms with E-state index in [0.29, 0.717) is 0 Å². The van der Waals surface area contributed by atoms with Crippen molar-refractivity contribution in [1.82, 2.24) is 19.5 Å². The summed E-state index contributed by atoms with van der Waals surface area (Å²) in [4.78, 5) is 14.1. The molecule has 4 aromatic rings. The van der Waals surface area contributed by atoms with Gasteiger partial charge in [-0.1, -0.05) is 25.1 Å². The third kappa shape index (κ3) is 2.35. The van der Waals surface area contributed by atoms with E-state index in [9.17, 15) is 0 Å². The van der Waals surface area contributed by atoms with E-state index in [1.165, 1.54) is 16.5 Å². The van der Waals surface area contributed by atoms with Gasteiger partial charge in [-0.3, -0.25) is 4.98 Å². The Bertz CT molecular complexity index is 1040. The molecule has 0 aliphatic carbocycles. The van der Waals surface area contributed by atoms with Crippen molar-refractivity contribution < 1.29 is 0 Å². The molecule has 0 saturated heterocycles. The second kappa shape index (κ2) is 5.71. The molecule has 0 radical (unpaired) electrons. The summed E-state index contributed by atoms with van der Waals surface area (Å²) in [6, 6.07) is 12.5. The fraction of sp³-hybridized carbons (Fsp3) is 0.250. The van der Waals surface area contributed by atoms with E-state index >= 15 is 0 Å². The zero-order valence-corrected chi connectivity index (χ0v) is 14.2. The molecule has 0 atom stereocenters. The lowest BCUT2D eigenvalue weighted by atomic mass is 10.1. The van der Waals surface area contributed by atoms with Crippen LogP contribution < -0.4 is 0 Å². The van der Waals surface area contributed by atoms with Crippen LogP contribution in [-0.4, -0.2) is 19.5 Å². The molecule has 0 saturated carbocycles. The Kier molecular flexibility index (Phi) is 3.53. The summed E-state index contributed by atoms with van der Waals surface area (Å²) in [7, 11) is 0. The topological polar surface area (TPSA) is 43.6 Å². The number of aromatic nitrogens is 4. The summed E-state index contributed by atoms with van der Waals surface area (Å²) in [5, 5.41) is 1.19. The highest BCUT2D eigenvalue weighted by molar-refractivity contribution is 5.82. The summed E-state index contributed by atoms with van der Waals surface area (Å²) in [5.74, 6) is 1.08. The van der Waals surface area contributed by atoms with Crippen molar-refractivity contribution in [2.75, 3.05) is 0 Å². The molecule has 0 fully saturated rings. The van der Waals surface area contributed by atoms with E-state index in [0.717, 1.165) is 41.2 Å². The van der Waals surface area contributed by atoms with Crippen LogP contribution in [0.15, 0.2) is 42.6 Å². The van der Waals surface area contributed by atoms with Crippen molar-refractivity contribution in [3.8, 4) is 0 Å². The third-order valence-electron chi connectivity index (χ3n) is 4.48. The first kappa shape index (κ1) is 14.8. The quantitative estimate of drug-likeness (QED) is 0.569. The van der Waals surface area contributed by atoms with E-state index in [2.05, 4.69) is 53.7 Å². The second-order valence-electron chi connectivity index (χ2n) is 6.21. The lowest BCUT2D eigenvalue weighted by molar-refractivity contribution is 0.749. The van der Waals surface area contributed by atoms with Crippen LogP contribution in [0, 0.1) is 13.8 Å². The number of pyridine rings is 2. The zero-order valence-electron chi connectivity index (χ0n) is 14.2. The van der Waals surface area contributed by atoms with Gasteiger partial charge in [-0.2, -0.15) is 0 Å². The fourth-order valence-corrected chi connectivity index (χ4v) is 3.36. The molecule has 0 bridgehead atoms. The lowest BCUT2D eigenvalue weighted by Crippen LogP contribution is -2.06. The van der Waals surface area contributed by atoms with Gasteiger partial charge in [0.1, 0.15) is 11.3 Å². The van der Waals surface area contributed by atoms with Crippen LogP contribution in [0.4, 0.5) is 0 Å². The van der Waals surface area contributed by atoms with Crippen LogP contribution in [0.25, 0.3) is 22.1 Å². The van der Waals surface area contributed by atoms with Crippen molar-refractivity contribution in [1.29, 1.82) is 0 Å². The molecular formula is C20H20N4. The number of hydrogen-bond acceptors (Lipinski definition) is 3. The second-order valence-corrected chi connectivity index (χ2v) is 6.21. The van der Waals surface area contributed by atoms with Crippen molar-refractivity contribution in [2.24, 2.45) is 0 Å². The Morgan fingerprint density at radius 3 is 2.75 bits per heavy atom. The molecule has 0 spiro atoms. The van der Waals surface area contributed by atoms with Gasteiger partial charge in [0.15, 0.2) is 5.65 Å². The predicted molar refractivity (Wildman–Crippen MR) is 97.2 cm³/mol. The van der Waals surface area contributed by atoms with Crippen LogP contribution >= 0.6 is 0 Å². The van der Waals surface area contributed by atoms with Crippen molar-refractivity contribution >= 4 is 22.1 Å². The summed E-state index contributed by atoms with van der Waals surface area (Å²) in [6.07, 6.45) is 2.72. The highest BCUT2D eigenvalue weighted by Gasteiger charge is 2.14. The molecule has 3 aromatic heterocycles. The van der Waals surface area contributed by atoms with Gasteiger partial charge in [0, 0.05) is 23.7 Å². The highest BCUT2D eigenvalue weighted by Crippen LogP contribution is 2.23. The maximum absolute atomic E-state index is 4.83. The smallest absolute Gasteiger partial charge is 0.160 e. The molecule has 0 aliphatic rings. The van der Waals surface area contributed by atoms with Gasteiger partial charge in [0.25, 0.3) is 0 Å². The average Bonchev–Trinajstić information content (AvgIpc) is 2.93. The molecule has 3 heterocycles. The number of fused-ring (bicyclic) bond motifs is 2. The SMILES string of the molecule is CCc1nc2c(C)cc(C)nc2n1Cc1cccc2ncccc12. The molecule has 0 N–H and O–H groups in total. The monoisotopic (exact) mass is 316 g/mol. The molecule has 24 heavy (non-hydrogen) atoms. The minimum atomic E-state index is 0.763. The number of benzene rings is 1. The minimum absolute atomic E-state index is 0.763. The molecule has 0 aliphatic heterocycles. The molecule has 4 rings (SSSR count). The maximum atomic E-state index is 4.83.